The van der Waals surface area contributed by atoms with Crippen molar-refractivity contribution in [3.05, 3.63) is 63.7 Å². The van der Waals surface area contributed by atoms with Gasteiger partial charge >= 0.3 is 0 Å². The Morgan fingerprint density at radius 3 is 2.34 bits per heavy atom. The molecule has 2 aromatic rings. The van der Waals surface area contributed by atoms with E-state index in [1.165, 1.54) is 24.1 Å². The third kappa shape index (κ3) is 7.21. The minimum Gasteiger partial charge on any atom is -0.495 e. The first kappa shape index (κ1) is 28.9. The largest absolute Gasteiger partial charge is 0.495 e. The number of methoxy groups -OCH3 is 1. The molecule has 0 aliphatic heterocycles. The molecule has 1 N–H and O–H groups in total. The summed E-state index contributed by atoms with van der Waals surface area (Å²) < 4.78 is 31.7. The van der Waals surface area contributed by atoms with E-state index >= 15 is 0 Å². The number of rotatable bonds is 11. The predicted molar refractivity (Wildman–Crippen MR) is 143 cm³/mol. The van der Waals surface area contributed by atoms with Crippen molar-refractivity contribution in [3.8, 4) is 5.75 Å². The molecule has 3 rings (SSSR count). The summed E-state index contributed by atoms with van der Waals surface area (Å²) in [6.45, 7) is 2.93. The number of non-ortho nitro benzene ring substituents is 1. The van der Waals surface area contributed by atoms with Crippen LogP contribution in [0.3, 0.4) is 0 Å². The lowest BCUT2D eigenvalue weighted by Gasteiger charge is -2.32. The Morgan fingerprint density at radius 2 is 1.79 bits per heavy atom. The van der Waals surface area contributed by atoms with Gasteiger partial charge in [0.2, 0.25) is 21.8 Å². The number of carbonyl (C=O) groups excluding carboxylic acids is 2. The maximum absolute atomic E-state index is 13.7. The number of aryl methyl sites for hydroxylation is 1. The Kier molecular flexibility index (Phi) is 9.31. The van der Waals surface area contributed by atoms with Crippen LogP contribution in [-0.4, -0.2) is 62.0 Å². The maximum atomic E-state index is 13.7. The SMILES string of the molecule is COc1ccc([N+](=O)[O-])cc1N(CC(=O)N(Cc1ccc(C)cc1)C(C)C(=O)NC1CCCC1)S(C)(=O)=O. The molecule has 1 atom stereocenters. The molecule has 206 valence electrons. The molecule has 0 bridgehead atoms. The monoisotopic (exact) mass is 546 g/mol. The Balaban J connectivity index is 1.96. The highest BCUT2D eigenvalue weighted by molar-refractivity contribution is 7.92. The van der Waals surface area contributed by atoms with Gasteiger partial charge in [-0.1, -0.05) is 42.7 Å². The van der Waals surface area contributed by atoms with E-state index in [4.69, 9.17) is 4.74 Å². The molecule has 0 saturated heterocycles. The van der Waals surface area contributed by atoms with Crippen molar-refractivity contribution in [2.75, 3.05) is 24.2 Å². The van der Waals surface area contributed by atoms with Gasteiger partial charge in [-0.05, 0) is 38.3 Å². The van der Waals surface area contributed by atoms with Gasteiger partial charge in [0.25, 0.3) is 5.69 Å². The van der Waals surface area contributed by atoms with E-state index in [-0.39, 0.29) is 35.6 Å². The van der Waals surface area contributed by atoms with Gasteiger partial charge in [-0.3, -0.25) is 24.0 Å². The Bertz CT molecular complexity index is 1280. The first-order valence-corrected chi connectivity index (χ1v) is 14.2. The molecule has 0 spiro atoms. The summed E-state index contributed by atoms with van der Waals surface area (Å²) >= 11 is 0. The summed E-state index contributed by atoms with van der Waals surface area (Å²) in [7, 11) is -2.78. The van der Waals surface area contributed by atoms with Gasteiger partial charge in [0.1, 0.15) is 24.0 Å². The molecule has 38 heavy (non-hydrogen) atoms. The normalized spacial score (nSPS) is 14.5. The number of hydrogen-bond donors (Lipinski definition) is 1. The number of nitro benzene ring substituents is 1. The van der Waals surface area contributed by atoms with Crippen molar-refractivity contribution in [2.45, 2.75) is 58.2 Å². The van der Waals surface area contributed by atoms with E-state index in [1.54, 1.807) is 6.92 Å². The minimum absolute atomic E-state index is 0.0444. The fourth-order valence-corrected chi connectivity index (χ4v) is 5.29. The van der Waals surface area contributed by atoms with Crippen molar-refractivity contribution in [1.82, 2.24) is 10.2 Å². The third-order valence-electron chi connectivity index (χ3n) is 6.66. The van der Waals surface area contributed by atoms with Crippen molar-refractivity contribution >= 4 is 33.2 Å². The second-order valence-corrected chi connectivity index (χ2v) is 11.5. The van der Waals surface area contributed by atoms with E-state index in [2.05, 4.69) is 5.32 Å². The fraction of sp³-hybridized carbons (Fsp3) is 0.462. The van der Waals surface area contributed by atoms with Gasteiger partial charge in [0.05, 0.1) is 18.3 Å². The number of carbonyl (C=O) groups is 2. The van der Waals surface area contributed by atoms with E-state index in [0.717, 1.165) is 53.4 Å². The molecule has 1 aliphatic rings. The van der Waals surface area contributed by atoms with Crippen molar-refractivity contribution in [3.63, 3.8) is 0 Å². The molecule has 1 saturated carbocycles. The Labute approximate surface area is 223 Å². The van der Waals surface area contributed by atoms with Crippen molar-refractivity contribution in [1.29, 1.82) is 0 Å². The molecule has 1 fully saturated rings. The van der Waals surface area contributed by atoms with Crippen LogP contribution in [0.25, 0.3) is 0 Å². The first-order valence-electron chi connectivity index (χ1n) is 12.4. The molecule has 12 heteroatoms. The van der Waals surface area contributed by atoms with Crippen molar-refractivity contribution < 1.29 is 27.7 Å². The van der Waals surface area contributed by atoms with Gasteiger partial charge in [-0.2, -0.15) is 0 Å². The zero-order chi connectivity index (χ0) is 28.0. The van der Waals surface area contributed by atoms with Crippen LogP contribution in [0.5, 0.6) is 5.75 Å². The summed E-state index contributed by atoms with van der Waals surface area (Å²) in [5.41, 5.74) is 1.29. The second kappa shape index (κ2) is 12.2. The molecule has 1 unspecified atom stereocenters. The van der Waals surface area contributed by atoms with Crippen LogP contribution >= 0.6 is 0 Å². The number of nitrogens with zero attached hydrogens (tertiary/aromatic N) is 3. The lowest BCUT2D eigenvalue weighted by molar-refractivity contribution is -0.384. The van der Waals surface area contributed by atoms with Gasteiger partial charge in [-0.15, -0.1) is 0 Å². The average molecular weight is 547 g/mol. The van der Waals surface area contributed by atoms with Crippen LogP contribution in [0.4, 0.5) is 11.4 Å². The van der Waals surface area contributed by atoms with E-state index in [1.807, 2.05) is 31.2 Å². The fourth-order valence-electron chi connectivity index (χ4n) is 4.45. The second-order valence-electron chi connectivity index (χ2n) is 9.56. The van der Waals surface area contributed by atoms with E-state index in [0.29, 0.717) is 0 Å². The van der Waals surface area contributed by atoms with E-state index in [9.17, 15) is 28.1 Å². The summed E-state index contributed by atoms with van der Waals surface area (Å²) in [6.07, 6.45) is 4.70. The number of sulfonamides is 1. The minimum atomic E-state index is -4.08. The number of nitro groups is 1. The van der Waals surface area contributed by atoms with Crippen LogP contribution in [0.1, 0.15) is 43.7 Å². The van der Waals surface area contributed by atoms with Crippen LogP contribution < -0.4 is 14.4 Å². The molecular formula is C26H34N4O7S. The molecule has 2 aromatic carbocycles. The quantitative estimate of drug-likeness (QED) is 0.337. The highest BCUT2D eigenvalue weighted by Gasteiger charge is 2.32. The number of amides is 2. The van der Waals surface area contributed by atoms with E-state index < -0.39 is 33.4 Å². The molecule has 0 radical (unpaired) electrons. The zero-order valence-corrected chi connectivity index (χ0v) is 22.9. The Hall–Kier alpha value is -3.67. The third-order valence-corrected chi connectivity index (χ3v) is 7.79. The number of nitrogens with one attached hydrogen (secondary N) is 1. The van der Waals surface area contributed by atoms with Gasteiger partial charge in [0, 0.05) is 24.7 Å². The zero-order valence-electron chi connectivity index (χ0n) is 22.0. The van der Waals surface area contributed by atoms with Crippen LogP contribution in [0.2, 0.25) is 0 Å². The highest BCUT2D eigenvalue weighted by atomic mass is 32.2. The molecule has 0 aromatic heterocycles. The smallest absolute Gasteiger partial charge is 0.271 e. The number of ether oxygens (including phenoxy) is 1. The van der Waals surface area contributed by atoms with Gasteiger partial charge < -0.3 is 15.0 Å². The Morgan fingerprint density at radius 1 is 1.16 bits per heavy atom. The summed E-state index contributed by atoms with van der Waals surface area (Å²) in [5, 5.41) is 14.4. The predicted octanol–water partition coefficient (Wildman–Crippen LogP) is 3.15. The van der Waals surface area contributed by atoms with Gasteiger partial charge in [-0.25, -0.2) is 8.42 Å². The topological polar surface area (TPSA) is 139 Å². The standard InChI is InChI=1S/C26H34N4O7S/c1-18-9-11-20(12-10-18)16-28(19(2)26(32)27-21-7-5-6-8-21)25(31)17-29(38(4,35)36)23-15-22(30(33)34)13-14-24(23)37-3/h9-15,19,21H,5-8,16-17H2,1-4H3,(H,27,32). The lowest BCUT2D eigenvalue weighted by atomic mass is 10.1. The van der Waals surface area contributed by atoms with Crippen LogP contribution in [0.15, 0.2) is 42.5 Å². The maximum Gasteiger partial charge on any atom is 0.271 e. The summed E-state index contributed by atoms with van der Waals surface area (Å²) in [5.74, 6) is -0.916. The number of hydrogen-bond acceptors (Lipinski definition) is 7. The highest BCUT2D eigenvalue weighted by Crippen LogP contribution is 2.34. The summed E-state index contributed by atoms with van der Waals surface area (Å²) in [4.78, 5) is 38.9. The number of benzene rings is 2. The average Bonchev–Trinajstić information content (AvgIpc) is 3.38. The van der Waals surface area contributed by atoms with Crippen LogP contribution in [-0.2, 0) is 26.2 Å². The lowest BCUT2D eigenvalue weighted by Crippen LogP contribution is -2.52. The first-order chi connectivity index (χ1) is 17.9. The summed E-state index contributed by atoms with van der Waals surface area (Å²) in [6, 6.07) is 10.1. The van der Waals surface area contributed by atoms with Crippen LogP contribution in [0, 0.1) is 17.0 Å². The van der Waals surface area contributed by atoms with Gasteiger partial charge in [0.15, 0.2) is 0 Å². The molecule has 1 aliphatic carbocycles. The molecule has 2 amide bonds. The molecular weight excluding hydrogens is 512 g/mol. The number of anilines is 1. The van der Waals surface area contributed by atoms with Crippen molar-refractivity contribution in [2.24, 2.45) is 0 Å². The molecule has 11 nitrogen and oxygen atoms in total. The molecule has 0 heterocycles.